The summed E-state index contributed by atoms with van der Waals surface area (Å²) in [6.45, 7) is 0.124. The van der Waals surface area contributed by atoms with Crippen molar-refractivity contribution in [1.29, 1.82) is 0 Å². The Kier molecular flexibility index (Phi) is 3.83. The zero-order valence-corrected chi connectivity index (χ0v) is 14.0. The fourth-order valence-electron chi connectivity index (χ4n) is 3.75. The standard InChI is InChI=1S/C22H17F2NO/c23-22(24)20(26)25(16-17-10-4-1-5-11-17)21(22,18-12-6-2-7-13-18)19-14-8-3-9-15-19/h1-15H,16H2. The summed E-state index contributed by atoms with van der Waals surface area (Å²) in [5.41, 5.74) is -0.173. The molecule has 0 bridgehead atoms. The van der Waals surface area contributed by atoms with Crippen molar-refractivity contribution in [3.05, 3.63) is 108 Å². The van der Waals surface area contributed by atoms with E-state index in [2.05, 4.69) is 0 Å². The number of amides is 1. The minimum atomic E-state index is -3.51. The van der Waals surface area contributed by atoms with E-state index < -0.39 is 17.4 Å². The van der Waals surface area contributed by atoms with E-state index in [0.29, 0.717) is 11.1 Å². The number of hydrogen-bond acceptors (Lipinski definition) is 1. The molecule has 130 valence electrons. The van der Waals surface area contributed by atoms with Crippen LogP contribution < -0.4 is 0 Å². The van der Waals surface area contributed by atoms with Crippen LogP contribution in [0.15, 0.2) is 91.0 Å². The van der Waals surface area contributed by atoms with E-state index in [1.807, 2.05) is 30.3 Å². The predicted molar refractivity (Wildman–Crippen MR) is 95.6 cm³/mol. The van der Waals surface area contributed by atoms with E-state index in [0.717, 1.165) is 5.56 Å². The molecule has 1 aliphatic rings. The van der Waals surface area contributed by atoms with Crippen molar-refractivity contribution < 1.29 is 13.6 Å². The molecule has 26 heavy (non-hydrogen) atoms. The Bertz CT molecular complexity index is 871. The molecule has 0 N–H and O–H groups in total. The number of halogens is 2. The Morgan fingerprint density at radius 2 is 1.12 bits per heavy atom. The van der Waals surface area contributed by atoms with Crippen LogP contribution in [0, 0.1) is 0 Å². The van der Waals surface area contributed by atoms with E-state index in [9.17, 15) is 4.79 Å². The molecule has 1 saturated heterocycles. The molecule has 0 saturated carbocycles. The van der Waals surface area contributed by atoms with Gasteiger partial charge >= 0.3 is 5.92 Å². The third-order valence-electron chi connectivity index (χ3n) is 4.94. The Labute approximate surface area is 150 Å². The minimum absolute atomic E-state index is 0.124. The van der Waals surface area contributed by atoms with Crippen LogP contribution in [0.5, 0.6) is 0 Å². The molecule has 1 amide bonds. The highest BCUT2D eigenvalue weighted by Gasteiger charge is 2.75. The molecule has 0 aliphatic carbocycles. The largest absolute Gasteiger partial charge is 0.355 e. The van der Waals surface area contributed by atoms with Crippen molar-refractivity contribution in [3.8, 4) is 0 Å². The van der Waals surface area contributed by atoms with E-state index in [1.54, 1.807) is 60.7 Å². The molecule has 0 aromatic heterocycles. The van der Waals surface area contributed by atoms with Crippen LogP contribution in [-0.4, -0.2) is 16.7 Å². The van der Waals surface area contributed by atoms with Gasteiger partial charge < -0.3 is 4.90 Å². The normalized spacial score (nSPS) is 17.6. The molecular weight excluding hydrogens is 332 g/mol. The lowest BCUT2D eigenvalue weighted by atomic mass is 9.69. The smallest absolute Gasteiger partial charge is 0.313 e. The number of β-lactam (4-membered cyclic amide) rings is 1. The van der Waals surface area contributed by atoms with Crippen molar-refractivity contribution in [1.82, 2.24) is 4.90 Å². The van der Waals surface area contributed by atoms with Gasteiger partial charge in [0.15, 0.2) is 5.54 Å². The number of carbonyl (C=O) groups excluding carboxylic acids is 1. The molecule has 3 aromatic carbocycles. The second-order valence-electron chi connectivity index (χ2n) is 6.39. The van der Waals surface area contributed by atoms with Crippen LogP contribution in [0.25, 0.3) is 0 Å². The first-order valence-electron chi connectivity index (χ1n) is 8.43. The second kappa shape index (κ2) is 6.06. The second-order valence-corrected chi connectivity index (χ2v) is 6.39. The van der Waals surface area contributed by atoms with Crippen molar-refractivity contribution in [2.24, 2.45) is 0 Å². The average Bonchev–Trinajstić information content (AvgIpc) is 2.69. The lowest BCUT2D eigenvalue weighted by molar-refractivity contribution is -0.230. The number of likely N-dealkylation sites (tertiary alicyclic amines) is 1. The first-order chi connectivity index (χ1) is 12.6. The fourth-order valence-corrected chi connectivity index (χ4v) is 3.75. The number of benzene rings is 3. The van der Waals surface area contributed by atoms with Gasteiger partial charge in [0.2, 0.25) is 0 Å². The number of rotatable bonds is 4. The Morgan fingerprint density at radius 3 is 1.58 bits per heavy atom. The van der Waals surface area contributed by atoms with Gasteiger partial charge in [-0.25, -0.2) is 0 Å². The van der Waals surface area contributed by atoms with Crippen LogP contribution >= 0.6 is 0 Å². The summed E-state index contributed by atoms with van der Waals surface area (Å²) in [7, 11) is 0. The van der Waals surface area contributed by atoms with Crippen molar-refractivity contribution in [2.45, 2.75) is 18.0 Å². The number of carbonyl (C=O) groups is 1. The van der Waals surface area contributed by atoms with Crippen molar-refractivity contribution >= 4 is 5.91 Å². The van der Waals surface area contributed by atoms with Gasteiger partial charge in [-0.2, -0.15) is 8.78 Å². The predicted octanol–water partition coefficient (Wildman–Crippen LogP) is 4.61. The summed E-state index contributed by atoms with van der Waals surface area (Å²) in [4.78, 5) is 13.7. The van der Waals surface area contributed by atoms with Gasteiger partial charge in [-0.3, -0.25) is 4.79 Å². The molecule has 4 heteroatoms. The summed E-state index contributed by atoms with van der Waals surface area (Å²) < 4.78 is 30.4. The molecule has 1 aliphatic heterocycles. The fraction of sp³-hybridized carbons (Fsp3) is 0.136. The zero-order valence-electron chi connectivity index (χ0n) is 14.0. The van der Waals surface area contributed by atoms with E-state index in [1.165, 1.54) is 4.90 Å². The lowest BCUT2D eigenvalue weighted by Crippen LogP contribution is -2.76. The topological polar surface area (TPSA) is 20.3 Å². The van der Waals surface area contributed by atoms with Crippen molar-refractivity contribution in [2.75, 3.05) is 0 Å². The monoisotopic (exact) mass is 349 g/mol. The molecule has 3 aromatic rings. The summed E-state index contributed by atoms with van der Waals surface area (Å²) in [5, 5.41) is 0. The highest BCUT2D eigenvalue weighted by atomic mass is 19.3. The zero-order chi connectivity index (χ0) is 18.2. The van der Waals surface area contributed by atoms with Gasteiger partial charge in [-0.05, 0) is 16.7 Å². The molecule has 0 atom stereocenters. The highest BCUT2D eigenvalue weighted by molar-refractivity contribution is 5.95. The first kappa shape index (κ1) is 16.5. The molecule has 0 unspecified atom stereocenters. The number of nitrogens with zero attached hydrogens (tertiary/aromatic N) is 1. The average molecular weight is 349 g/mol. The van der Waals surface area contributed by atoms with Crippen LogP contribution in [0.1, 0.15) is 16.7 Å². The molecule has 1 heterocycles. The Hall–Kier alpha value is -3.01. The third-order valence-corrected chi connectivity index (χ3v) is 4.94. The van der Waals surface area contributed by atoms with Crippen LogP contribution in [-0.2, 0) is 16.9 Å². The van der Waals surface area contributed by atoms with Gasteiger partial charge in [0.05, 0.1) is 0 Å². The number of alkyl halides is 2. The first-order valence-corrected chi connectivity index (χ1v) is 8.43. The SMILES string of the molecule is O=C1N(Cc2ccccc2)C(c2ccccc2)(c2ccccc2)C1(F)F. The minimum Gasteiger partial charge on any atom is -0.313 e. The molecule has 0 radical (unpaired) electrons. The van der Waals surface area contributed by atoms with Gasteiger partial charge in [0.25, 0.3) is 5.91 Å². The lowest BCUT2D eigenvalue weighted by Gasteiger charge is -2.57. The number of hydrogen-bond donors (Lipinski definition) is 0. The van der Waals surface area contributed by atoms with E-state index >= 15 is 8.78 Å². The van der Waals surface area contributed by atoms with Crippen LogP contribution in [0.4, 0.5) is 8.78 Å². The summed E-state index contributed by atoms with van der Waals surface area (Å²) in [5.74, 6) is -4.65. The summed E-state index contributed by atoms with van der Waals surface area (Å²) in [6, 6.07) is 26.3. The highest BCUT2D eigenvalue weighted by Crippen LogP contribution is 2.57. The molecule has 0 spiro atoms. The van der Waals surface area contributed by atoms with Crippen LogP contribution in [0.3, 0.4) is 0 Å². The molecule has 1 fully saturated rings. The maximum Gasteiger partial charge on any atom is 0.355 e. The Balaban J connectivity index is 1.91. The van der Waals surface area contributed by atoms with E-state index in [4.69, 9.17) is 0 Å². The molecule has 2 nitrogen and oxygen atoms in total. The third kappa shape index (κ3) is 2.18. The Morgan fingerprint density at radius 1 is 0.692 bits per heavy atom. The summed E-state index contributed by atoms with van der Waals surface area (Å²) >= 11 is 0. The molecular formula is C22H17F2NO. The maximum atomic E-state index is 15.2. The maximum absolute atomic E-state index is 15.2. The van der Waals surface area contributed by atoms with Gasteiger partial charge in [0.1, 0.15) is 0 Å². The van der Waals surface area contributed by atoms with Crippen molar-refractivity contribution in [3.63, 3.8) is 0 Å². The van der Waals surface area contributed by atoms with Gasteiger partial charge in [-0.1, -0.05) is 91.0 Å². The van der Waals surface area contributed by atoms with Crippen LogP contribution in [0.2, 0.25) is 0 Å². The van der Waals surface area contributed by atoms with Gasteiger partial charge in [0, 0.05) is 6.54 Å². The van der Waals surface area contributed by atoms with Gasteiger partial charge in [-0.15, -0.1) is 0 Å². The van der Waals surface area contributed by atoms with E-state index in [-0.39, 0.29) is 6.54 Å². The summed E-state index contributed by atoms with van der Waals surface area (Å²) in [6.07, 6.45) is 0. The quantitative estimate of drug-likeness (QED) is 0.630. The molecule has 4 rings (SSSR count).